The van der Waals surface area contributed by atoms with E-state index >= 15 is 0 Å². The van der Waals surface area contributed by atoms with E-state index in [-0.39, 0.29) is 23.6 Å². The van der Waals surface area contributed by atoms with Crippen LogP contribution in [0.2, 0.25) is 0 Å². The normalized spacial score (nSPS) is 24.7. The highest BCUT2D eigenvalue weighted by Gasteiger charge is 2.47. The van der Waals surface area contributed by atoms with Gasteiger partial charge in [0, 0.05) is 25.8 Å². The van der Waals surface area contributed by atoms with Crippen LogP contribution in [0.3, 0.4) is 0 Å². The zero-order valence-corrected chi connectivity index (χ0v) is 16.0. The number of rotatable bonds is 4. The minimum atomic E-state index is -1.12. The number of nitrogens with one attached hydrogen (secondary N) is 2. The summed E-state index contributed by atoms with van der Waals surface area (Å²) in [5, 5.41) is 5.55. The smallest absolute Gasteiger partial charge is 0.325 e. The Morgan fingerprint density at radius 1 is 1.29 bits per heavy atom. The average molecular weight is 384 g/mol. The van der Waals surface area contributed by atoms with Gasteiger partial charge < -0.3 is 15.5 Å². The molecular formula is C20H24N4O4. The molecule has 2 unspecified atom stereocenters. The number of carbonyl (C=O) groups is 4. The zero-order chi connectivity index (χ0) is 20.5. The van der Waals surface area contributed by atoms with Crippen LogP contribution >= 0.6 is 0 Å². The quantitative estimate of drug-likeness (QED) is 0.606. The lowest BCUT2D eigenvalue weighted by atomic mass is 9.92. The number of carbonyl (C=O) groups excluding carboxylic acids is 4. The predicted molar refractivity (Wildman–Crippen MR) is 103 cm³/mol. The molecule has 1 aromatic rings. The van der Waals surface area contributed by atoms with Gasteiger partial charge in [-0.05, 0) is 43.5 Å². The van der Waals surface area contributed by atoms with Gasteiger partial charge in [0.1, 0.15) is 5.54 Å². The Hall–Kier alpha value is -3.16. The first-order valence-corrected chi connectivity index (χ1v) is 9.19. The monoisotopic (exact) mass is 384 g/mol. The van der Waals surface area contributed by atoms with Crippen molar-refractivity contribution in [3.8, 4) is 0 Å². The van der Waals surface area contributed by atoms with Crippen molar-refractivity contribution in [1.82, 2.24) is 15.1 Å². The van der Waals surface area contributed by atoms with Crippen LogP contribution in [0.25, 0.3) is 0 Å². The first kappa shape index (κ1) is 19.6. The van der Waals surface area contributed by atoms with Crippen molar-refractivity contribution in [3.05, 3.63) is 42.5 Å². The molecule has 3 rings (SSSR count). The number of hydrogen-bond donors (Lipinski definition) is 2. The Kier molecular flexibility index (Phi) is 5.22. The fourth-order valence-corrected chi connectivity index (χ4v) is 3.63. The molecular weight excluding hydrogens is 360 g/mol. The Balaban J connectivity index is 1.67. The third-order valence-corrected chi connectivity index (χ3v) is 5.40. The Labute approximate surface area is 163 Å². The van der Waals surface area contributed by atoms with Crippen molar-refractivity contribution < 1.29 is 19.2 Å². The molecule has 0 radical (unpaired) electrons. The average Bonchev–Trinajstić information content (AvgIpc) is 2.91. The Morgan fingerprint density at radius 3 is 2.54 bits per heavy atom. The molecule has 5 amide bonds. The molecule has 28 heavy (non-hydrogen) atoms. The van der Waals surface area contributed by atoms with Crippen molar-refractivity contribution in [2.45, 2.75) is 25.3 Å². The van der Waals surface area contributed by atoms with Crippen molar-refractivity contribution in [3.63, 3.8) is 0 Å². The fraction of sp³-hybridized carbons (Fsp3) is 0.400. The summed E-state index contributed by atoms with van der Waals surface area (Å²) in [5.41, 5.74) is 0.104. The summed E-state index contributed by atoms with van der Waals surface area (Å²) in [4.78, 5) is 51.1. The van der Waals surface area contributed by atoms with Crippen LogP contribution in [0.5, 0.6) is 0 Å². The van der Waals surface area contributed by atoms with Gasteiger partial charge in [-0.2, -0.15) is 0 Å². The van der Waals surface area contributed by atoms with Crippen LogP contribution < -0.4 is 10.6 Å². The molecule has 1 aromatic carbocycles. The van der Waals surface area contributed by atoms with E-state index in [0.29, 0.717) is 24.3 Å². The molecule has 2 N–H and O–H groups in total. The van der Waals surface area contributed by atoms with Crippen molar-refractivity contribution >= 4 is 29.4 Å². The number of hydrogen-bond acceptors (Lipinski definition) is 4. The SMILES string of the molecule is C=CC(=O)N1CCCC(C(=O)Nc2ccc(C3(C)NC(=O)N(C)C3=O)cc2)C1. The van der Waals surface area contributed by atoms with Crippen molar-refractivity contribution in [2.24, 2.45) is 5.92 Å². The molecule has 148 valence electrons. The second kappa shape index (κ2) is 7.46. The molecule has 0 aromatic heterocycles. The minimum absolute atomic E-state index is 0.148. The lowest BCUT2D eigenvalue weighted by molar-refractivity contribution is -0.131. The second-order valence-corrected chi connectivity index (χ2v) is 7.31. The molecule has 0 bridgehead atoms. The number of piperidine rings is 1. The number of anilines is 1. The second-order valence-electron chi connectivity index (χ2n) is 7.31. The maximum absolute atomic E-state index is 12.6. The maximum Gasteiger partial charge on any atom is 0.325 e. The Bertz CT molecular complexity index is 835. The highest BCUT2D eigenvalue weighted by Crippen LogP contribution is 2.29. The molecule has 2 aliphatic rings. The molecule has 2 fully saturated rings. The number of imide groups is 1. The van der Waals surface area contributed by atoms with E-state index in [0.717, 1.165) is 17.7 Å². The molecule has 8 heteroatoms. The molecule has 2 heterocycles. The summed E-state index contributed by atoms with van der Waals surface area (Å²) < 4.78 is 0. The van der Waals surface area contributed by atoms with E-state index in [9.17, 15) is 19.2 Å². The van der Waals surface area contributed by atoms with Crippen LogP contribution in [0.15, 0.2) is 36.9 Å². The van der Waals surface area contributed by atoms with Crippen molar-refractivity contribution in [2.75, 3.05) is 25.5 Å². The topological polar surface area (TPSA) is 98.8 Å². The number of likely N-dealkylation sites (N-methyl/N-ethyl adjacent to an activating group) is 1. The first-order valence-electron chi connectivity index (χ1n) is 9.19. The minimum Gasteiger partial charge on any atom is -0.338 e. The van der Waals surface area contributed by atoms with Crippen LogP contribution in [0, 0.1) is 5.92 Å². The summed E-state index contributed by atoms with van der Waals surface area (Å²) >= 11 is 0. The van der Waals surface area contributed by atoms with Gasteiger partial charge in [-0.1, -0.05) is 18.7 Å². The first-order chi connectivity index (χ1) is 13.3. The number of amides is 5. The van der Waals surface area contributed by atoms with Gasteiger partial charge in [-0.25, -0.2) is 4.79 Å². The van der Waals surface area contributed by atoms with Gasteiger partial charge >= 0.3 is 6.03 Å². The van der Waals surface area contributed by atoms with Gasteiger partial charge in [0.15, 0.2) is 0 Å². The van der Waals surface area contributed by atoms with Gasteiger partial charge in [-0.15, -0.1) is 0 Å². The van der Waals surface area contributed by atoms with E-state index in [4.69, 9.17) is 0 Å². The Morgan fingerprint density at radius 2 is 1.96 bits per heavy atom. The van der Waals surface area contributed by atoms with E-state index in [1.807, 2.05) is 0 Å². The van der Waals surface area contributed by atoms with E-state index in [2.05, 4.69) is 17.2 Å². The highest BCUT2D eigenvalue weighted by molar-refractivity contribution is 6.07. The van der Waals surface area contributed by atoms with Gasteiger partial charge in [0.25, 0.3) is 5.91 Å². The molecule has 2 saturated heterocycles. The molecule has 0 aliphatic carbocycles. The van der Waals surface area contributed by atoms with Gasteiger partial charge in [0.2, 0.25) is 11.8 Å². The molecule has 2 aliphatic heterocycles. The van der Waals surface area contributed by atoms with Crippen LogP contribution in [-0.2, 0) is 19.9 Å². The summed E-state index contributed by atoms with van der Waals surface area (Å²) in [6.45, 7) is 6.15. The van der Waals surface area contributed by atoms with Crippen LogP contribution in [0.1, 0.15) is 25.3 Å². The van der Waals surface area contributed by atoms with Crippen LogP contribution in [-0.4, -0.2) is 53.7 Å². The van der Waals surface area contributed by atoms with E-state index in [1.54, 1.807) is 36.1 Å². The van der Waals surface area contributed by atoms with Crippen LogP contribution in [0.4, 0.5) is 10.5 Å². The number of nitrogens with zero attached hydrogens (tertiary/aromatic N) is 2. The summed E-state index contributed by atoms with van der Waals surface area (Å²) in [6, 6.07) is 6.38. The zero-order valence-electron chi connectivity index (χ0n) is 16.0. The van der Waals surface area contributed by atoms with E-state index in [1.165, 1.54) is 13.1 Å². The van der Waals surface area contributed by atoms with E-state index < -0.39 is 11.6 Å². The third-order valence-electron chi connectivity index (χ3n) is 5.40. The number of urea groups is 1. The number of benzene rings is 1. The third kappa shape index (κ3) is 3.49. The largest absolute Gasteiger partial charge is 0.338 e. The fourth-order valence-electron chi connectivity index (χ4n) is 3.63. The molecule has 0 spiro atoms. The maximum atomic E-state index is 12.6. The van der Waals surface area contributed by atoms with Gasteiger partial charge in [-0.3, -0.25) is 19.3 Å². The lowest BCUT2D eigenvalue weighted by Gasteiger charge is -2.31. The summed E-state index contributed by atoms with van der Waals surface area (Å²) in [5.74, 6) is -0.920. The van der Waals surface area contributed by atoms with Crippen molar-refractivity contribution in [1.29, 1.82) is 0 Å². The molecule has 2 atom stereocenters. The highest BCUT2D eigenvalue weighted by atomic mass is 16.2. The summed E-state index contributed by atoms with van der Waals surface area (Å²) in [6.07, 6.45) is 2.75. The van der Waals surface area contributed by atoms with Gasteiger partial charge in [0.05, 0.1) is 5.92 Å². The standard InChI is InChI=1S/C20H24N4O4/c1-4-16(25)24-11-5-6-13(12-24)17(26)21-15-9-7-14(8-10-15)20(2)18(27)23(3)19(28)22-20/h4,7-10,13H,1,5-6,11-12H2,2-3H3,(H,21,26)(H,22,28). The summed E-state index contributed by atoms with van der Waals surface area (Å²) in [7, 11) is 1.43. The predicted octanol–water partition coefficient (Wildman–Crippen LogP) is 1.45. The molecule has 0 saturated carbocycles. The molecule has 8 nitrogen and oxygen atoms in total. The number of likely N-dealkylation sites (tertiary alicyclic amines) is 1. The lowest BCUT2D eigenvalue weighted by Crippen LogP contribution is -2.43.